The molecular weight excluding hydrogens is 368 g/mol. The maximum atomic E-state index is 12.3. The summed E-state index contributed by atoms with van der Waals surface area (Å²) < 4.78 is 3.93. The molecule has 1 fully saturated rings. The zero-order valence-electron chi connectivity index (χ0n) is 12.5. The van der Waals surface area contributed by atoms with Crippen molar-refractivity contribution >= 4 is 52.3 Å². The van der Waals surface area contributed by atoms with E-state index in [0.717, 1.165) is 5.56 Å². The van der Waals surface area contributed by atoms with Crippen LogP contribution in [-0.2, 0) is 15.1 Å². The van der Waals surface area contributed by atoms with Crippen LogP contribution in [0.2, 0.25) is 10.0 Å². The molecular formula is C15H17Cl4NO2. The quantitative estimate of drug-likeness (QED) is 0.603. The monoisotopic (exact) mass is 383 g/mol. The van der Waals surface area contributed by atoms with Crippen LogP contribution in [0.4, 0.5) is 0 Å². The zero-order chi connectivity index (χ0) is 16.8. The third kappa shape index (κ3) is 4.42. The van der Waals surface area contributed by atoms with Gasteiger partial charge in [0.2, 0.25) is 0 Å². The Labute approximate surface area is 150 Å². The summed E-state index contributed by atoms with van der Waals surface area (Å²) in [5, 5.41) is 3.76. The summed E-state index contributed by atoms with van der Waals surface area (Å²) in [4.78, 5) is 12.3. The van der Waals surface area contributed by atoms with E-state index in [1.165, 1.54) is 0 Å². The lowest BCUT2D eigenvalue weighted by Crippen LogP contribution is -2.49. The number of benzene rings is 1. The van der Waals surface area contributed by atoms with Crippen LogP contribution < -0.4 is 5.32 Å². The molecule has 1 unspecified atom stereocenters. The molecule has 1 aromatic rings. The van der Waals surface area contributed by atoms with Crippen LogP contribution >= 0.6 is 46.4 Å². The fourth-order valence-corrected chi connectivity index (χ4v) is 3.20. The lowest BCUT2D eigenvalue weighted by atomic mass is 9.94. The first-order valence-electron chi connectivity index (χ1n) is 6.75. The van der Waals surface area contributed by atoms with Crippen molar-refractivity contribution in [2.45, 2.75) is 42.7 Å². The number of rotatable bonds is 4. The minimum atomic E-state index is -1.61. The van der Waals surface area contributed by atoms with E-state index in [2.05, 4.69) is 5.32 Å². The number of hydrogen-bond acceptors (Lipinski definition) is 2. The smallest absolute Gasteiger partial charge is 0.256 e. The Morgan fingerprint density at radius 2 is 1.73 bits per heavy atom. The SMILES string of the molecule is CC(C)(C)NC(=O)C(Cl)(Cl)CC1(c2cc(Cl)cc(Cl)c2)CO1. The molecule has 3 nitrogen and oxygen atoms in total. The average Bonchev–Trinajstić information content (AvgIpc) is 3.05. The Balaban J connectivity index is 2.19. The second-order valence-electron chi connectivity index (χ2n) is 6.53. The first-order valence-corrected chi connectivity index (χ1v) is 8.26. The zero-order valence-corrected chi connectivity index (χ0v) is 15.5. The minimum absolute atomic E-state index is 0.113. The topological polar surface area (TPSA) is 41.6 Å². The molecule has 0 aromatic heterocycles. The fourth-order valence-electron chi connectivity index (χ4n) is 2.15. The van der Waals surface area contributed by atoms with Crippen molar-refractivity contribution in [1.82, 2.24) is 5.32 Å². The number of alkyl halides is 2. The van der Waals surface area contributed by atoms with Crippen molar-refractivity contribution in [1.29, 1.82) is 0 Å². The molecule has 1 aromatic carbocycles. The van der Waals surface area contributed by atoms with Gasteiger partial charge in [0, 0.05) is 22.0 Å². The largest absolute Gasteiger partial charge is 0.364 e. The molecule has 2 rings (SSSR count). The Hall–Kier alpha value is -0.190. The number of carbonyl (C=O) groups excluding carboxylic acids is 1. The maximum absolute atomic E-state index is 12.3. The summed E-state index contributed by atoms with van der Waals surface area (Å²) in [6.07, 6.45) is 0.113. The van der Waals surface area contributed by atoms with Gasteiger partial charge in [0.15, 0.2) is 4.33 Å². The molecule has 1 N–H and O–H groups in total. The van der Waals surface area contributed by atoms with Gasteiger partial charge in [0.25, 0.3) is 5.91 Å². The maximum Gasteiger partial charge on any atom is 0.256 e. The molecule has 1 saturated heterocycles. The number of ether oxygens (including phenoxy) is 1. The Kier molecular flexibility index (Phi) is 4.97. The van der Waals surface area contributed by atoms with Crippen LogP contribution in [0, 0.1) is 0 Å². The van der Waals surface area contributed by atoms with Crippen LogP contribution in [0.15, 0.2) is 18.2 Å². The van der Waals surface area contributed by atoms with Crippen LogP contribution in [0.25, 0.3) is 0 Å². The predicted octanol–water partition coefficient (Wildman–Crippen LogP) is 4.70. The molecule has 22 heavy (non-hydrogen) atoms. The molecule has 0 radical (unpaired) electrons. The van der Waals surface area contributed by atoms with E-state index in [4.69, 9.17) is 51.1 Å². The molecule has 0 saturated carbocycles. The van der Waals surface area contributed by atoms with Crippen molar-refractivity contribution < 1.29 is 9.53 Å². The second-order valence-corrected chi connectivity index (χ2v) is 8.88. The van der Waals surface area contributed by atoms with Gasteiger partial charge in [-0.2, -0.15) is 0 Å². The van der Waals surface area contributed by atoms with E-state index in [0.29, 0.717) is 16.7 Å². The molecule has 0 spiro atoms. The third-order valence-corrected chi connectivity index (χ3v) is 4.26. The van der Waals surface area contributed by atoms with Crippen molar-refractivity contribution in [3.8, 4) is 0 Å². The van der Waals surface area contributed by atoms with Gasteiger partial charge in [-0.25, -0.2) is 0 Å². The minimum Gasteiger partial charge on any atom is -0.364 e. The van der Waals surface area contributed by atoms with E-state index in [-0.39, 0.29) is 6.42 Å². The summed E-state index contributed by atoms with van der Waals surface area (Å²) in [6.45, 7) is 5.98. The number of amides is 1. The molecule has 1 heterocycles. The van der Waals surface area contributed by atoms with E-state index in [9.17, 15) is 4.79 Å². The van der Waals surface area contributed by atoms with Gasteiger partial charge in [0.1, 0.15) is 5.60 Å². The molecule has 7 heteroatoms. The molecule has 0 bridgehead atoms. The highest BCUT2D eigenvalue weighted by molar-refractivity contribution is 6.58. The third-order valence-electron chi connectivity index (χ3n) is 3.21. The van der Waals surface area contributed by atoms with Gasteiger partial charge in [-0.15, -0.1) is 0 Å². The molecule has 1 aliphatic heterocycles. The summed E-state index contributed by atoms with van der Waals surface area (Å²) in [6, 6.07) is 5.11. The summed E-state index contributed by atoms with van der Waals surface area (Å²) >= 11 is 24.5. The molecule has 0 aliphatic carbocycles. The van der Waals surface area contributed by atoms with Gasteiger partial charge >= 0.3 is 0 Å². The summed E-state index contributed by atoms with van der Waals surface area (Å²) in [7, 11) is 0. The fraction of sp³-hybridized carbons (Fsp3) is 0.533. The standard InChI is InChI=1S/C15H17Cl4NO2/c1-13(2,3)20-12(21)15(18,19)7-14(8-22-14)9-4-10(16)6-11(17)5-9/h4-6H,7-8H2,1-3H3,(H,20,21). The molecule has 1 amide bonds. The van der Waals surface area contributed by atoms with Gasteiger partial charge in [-0.3, -0.25) is 4.79 Å². The highest BCUT2D eigenvalue weighted by Gasteiger charge is 2.54. The Morgan fingerprint density at radius 3 is 2.14 bits per heavy atom. The lowest BCUT2D eigenvalue weighted by molar-refractivity contribution is -0.123. The van der Waals surface area contributed by atoms with Crippen molar-refractivity contribution in [2.75, 3.05) is 6.61 Å². The predicted molar refractivity (Wildman–Crippen MR) is 91.0 cm³/mol. The van der Waals surface area contributed by atoms with Crippen LogP contribution in [0.3, 0.4) is 0 Å². The van der Waals surface area contributed by atoms with Gasteiger partial charge in [0.05, 0.1) is 6.61 Å². The highest BCUT2D eigenvalue weighted by Crippen LogP contribution is 2.49. The van der Waals surface area contributed by atoms with Crippen molar-refractivity contribution in [3.05, 3.63) is 33.8 Å². The first kappa shape index (κ1) is 18.2. The van der Waals surface area contributed by atoms with E-state index < -0.39 is 21.4 Å². The van der Waals surface area contributed by atoms with Crippen LogP contribution in [-0.4, -0.2) is 22.4 Å². The van der Waals surface area contributed by atoms with E-state index in [1.54, 1.807) is 18.2 Å². The normalized spacial score (nSPS) is 21.6. The summed E-state index contributed by atoms with van der Waals surface area (Å²) in [5.74, 6) is -0.452. The van der Waals surface area contributed by atoms with Gasteiger partial charge < -0.3 is 10.1 Å². The van der Waals surface area contributed by atoms with Crippen LogP contribution in [0.1, 0.15) is 32.8 Å². The lowest BCUT2D eigenvalue weighted by Gasteiger charge is -2.28. The van der Waals surface area contributed by atoms with E-state index in [1.807, 2.05) is 20.8 Å². The van der Waals surface area contributed by atoms with Gasteiger partial charge in [-0.05, 0) is 44.5 Å². The molecule has 1 atom stereocenters. The molecule has 1 aliphatic rings. The van der Waals surface area contributed by atoms with Crippen LogP contribution in [0.5, 0.6) is 0 Å². The highest BCUT2D eigenvalue weighted by atomic mass is 35.5. The average molecular weight is 385 g/mol. The molecule has 122 valence electrons. The Morgan fingerprint density at radius 1 is 1.23 bits per heavy atom. The van der Waals surface area contributed by atoms with Crippen molar-refractivity contribution in [3.63, 3.8) is 0 Å². The van der Waals surface area contributed by atoms with Crippen molar-refractivity contribution in [2.24, 2.45) is 0 Å². The van der Waals surface area contributed by atoms with E-state index >= 15 is 0 Å². The first-order chi connectivity index (χ1) is 9.93. The number of halogens is 4. The number of carbonyl (C=O) groups is 1. The Bertz CT molecular complexity index is 571. The van der Waals surface area contributed by atoms with Gasteiger partial charge in [-0.1, -0.05) is 46.4 Å². The number of epoxide rings is 1. The number of nitrogens with one attached hydrogen (secondary N) is 1. The second kappa shape index (κ2) is 6.03. The number of hydrogen-bond donors (Lipinski definition) is 1. The summed E-state index contributed by atoms with van der Waals surface area (Å²) in [5.41, 5.74) is -0.393.